The number of carbonyl (C=O) groups excluding carboxylic acids is 2. The number of ether oxygens (including phenoxy) is 1. The lowest BCUT2D eigenvalue weighted by atomic mass is 10.2. The molecule has 0 aliphatic rings. The number of non-ortho nitro benzene ring substituents is 1. The third-order valence-corrected chi connectivity index (χ3v) is 2.92. The standard InChI is InChI=1S/C17H14N2O5/c20-16(18-14-4-2-1-3-5-14)12-24-17(21)11-8-13-6-9-15(10-7-13)19(22)23/h1-11H,12H2,(H,18,20). The van der Waals surface area contributed by atoms with E-state index in [1.54, 1.807) is 24.3 Å². The van der Waals surface area contributed by atoms with Crippen molar-refractivity contribution in [3.8, 4) is 0 Å². The van der Waals surface area contributed by atoms with E-state index in [0.717, 1.165) is 6.08 Å². The van der Waals surface area contributed by atoms with Crippen LogP contribution >= 0.6 is 0 Å². The second kappa shape index (κ2) is 8.23. The second-order valence-electron chi connectivity index (χ2n) is 4.70. The summed E-state index contributed by atoms with van der Waals surface area (Å²) in [6.07, 6.45) is 2.60. The largest absolute Gasteiger partial charge is 0.452 e. The first-order valence-corrected chi connectivity index (χ1v) is 6.99. The fourth-order valence-electron chi connectivity index (χ4n) is 1.77. The van der Waals surface area contributed by atoms with Gasteiger partial charge in [0.05, 0.1) is 4.92 Å². The molecule has 0 bridgehead atoms. The summed E-state index contributed by atoms with van der Waals surface area (Å²) >= 11 is 0. The summed E-state index contributed by atoms with van der Waals surface area (Å²) in [6, 6.07) is 14.5. The molecule has 2 aromatic rings. The predicted octanol–water partition coefficient (Wildman–Crippen LogP) is 2.79. The van der Waals surface area contributed by atoms with Gasteiger partial charge in [-0.1, -0.05) is 18.2 Å². The number of nitro benzene ring substituents is 1. The molecule has 0 unspecified atom stereocenters. The first-order valence-electron chi connectivity index (χ1n) is 6.99. The summed E-state index contributed by atoms with van der Waals surface area (Å²) in [7, 11) is 0. The van der Waals surface area contributed by atoms with Crippen molar-refractivity contribution in [1.29, 1.82) is 0 Å². The van der Waals surface area contributed by atoms with E-state index in [1.807, 2.05) is 6.07 Å². The van der Waals surface area contributed by atoms with Crippen LogP contribution in [0.1, 0.15) is 5.56 Å². The van der Waals surface area contributed by atoms with Crippen LogP contribution in [0.5, 0.6) is 0 Å². The Balaban J connectivity index is 1.80. The van der Waals surface area contributed by atoms with Crippen LogP contribution in [0.2, 0.25) is 0 Å². The van der Waals surface area contributed by atoms with E-state index < -0.39 is 23.4 Å². The van der Waals surface area contributed by atoms with Gasteiger partial charge in [-0.25, -0.2) is 4.79 Å². The molecule has 0 atom stereocenters. The number of hydrogen-bond donors (Lipinski definition) is 1. The molecule has 0 radical (unpaired) electrons. The molecule has 2 aromatic carbocycles. The van der Waals surface area contributed by atoms with Gasteiger partial charge in [-0.15, -0.1) is 0 Å². The molecule has 0 aliphatic carbocycles. The maximum atomic E-state index is 11.6. The van der Waals surface area contributed by atoms with Crippen molar-refractivity contribution >= 4 is 29.3 Å². The highest BCUT2D eigenvalue weighted by molar-refractivity contribution is 5.94. The van der Waals surface area contributed by atoms with Crippen LogP contribution in [0.3, 0.4) is 0 Å². The van der Waals surface area contributed by atoms with Gasteiger partial charge in [-0.3, -0.25) is 14.9 Å². The van der Waals surface area contributed by atoms with Gasteiger partial charge in [0.1, 0.15) is 0 Å². The highest BCUT2D eigenvalue weighted by Gasteiger charge is 2.06. The Hall–Kier alpha value is -3.48. The van der Waals surface area contributed by atoms with Gasteiger partial charge in [0.25, 0.3) is 11.6 Å². The predicted molar refractivity (Wildman–Crippen MR) is 88.2 cm³/mol. The monoisotopic (exact) mass is 326 g/mol. The molecule has 7 heteroatoms. The number of para-hydroxylation sites is 1. The van der Waals surface area contributed by atoms with Gasteiger partial charge in [-0.05, 0) is 35.9 Å². The summed E-state index contributed by atoms with van der Waals surface area (Å²) in [5, 5.41) is 13.1. The number of carbonyl (C=O) groups is 2. The van der Waals surface area contributed by atoms with Crippen LogP contribution in [-0.4, -0.2) is 23.4 Å². The van der Waals surface area contributed by atoms with Crippen LogP contribution in [-0.2, 0) is 14.3 Å². The number of hydrogen-bond acceptors (Lipinski definition) is 5. The number of benzene rings is 2. The normalized spacial score (nSPS) is 10.3. The summed E-state index contributed by atoms with van der Waals surface area (Å²) in [5.74, 6) is -1.13. The molecule has 24 heavy (non-hydrogen) atoms. The topological polar surface area (TPSA) is 98.5 Å². The van der Waals surface area contributed by atoms with Crippen LogP contribution < -0.4 is 5.32 Å². The third kappa shape index (κ3) is 5.38. The molecule has 0 saturated heterocycles. The molecule has 2 rings (SSSR count). The average Bonchev–Trinajstić information content (AvgIpc) is 2.59. The Morgan fingerprint density at radius 3 is 2.38 bits per heavy atom. The van der Waals surface area contributed by atoms with Crippen molar-refractivity contribution in [2.45, 2.75) is 0 Å². The molecule has 1 N–H and O–H groups in total. The minimum absolute atomic E-state index is 0.0349. The lowest BCUT2D eigenvalue weighted by molar-refractivity contribution is -0.384. The van der Waals surface area contributed by atoms with Crippen LogP contribution in [0, 0.1) is 10.1 Å². The van der Waals surface area contributed by atoms with Crippen molar-refractivity contribution in [1.82, 2.24) is 0 Å². The molecule has 122 valence electrons. The minimum atomic E-state index is -0.684. The van der Waals surface area contributed by atoms with E-state index in [4.69, 9.17) is 4.74 Å². The number of nitrogens with zero attached hydrogens (tertiary/aromatic N) is 1. The van der Waals surface area contributed by atoms with Gasteiger partial charge in [0.2, 0.25) is 0 Å². The van der Waals surface area contributed by atoms with E-state index in [0.29, 0.717) is 11.3 Å². The first kappa shape index (κ1) is 16.9. The molecule has 0 fully saturated rings. The van der Waals surface area contributed by atoms with E-state index in [1.165, 1.54) is 30.3 Å². The SMILES string of the molecule is O=C(COC(=O)C=Cc1ccc([N+](=O)[O-])cc1)Nc1ccccc1. The zero-order chi connectivity index (χ0) is 17.4. The van der Waals surface area contributed by atoms with Gasteiger partial charge in [-0.2, -0.15) is 0 Å². The van der Waals surface area contributed by atoms with E-state index in [2.05, 4.69) is 5.32 Å². The Labute approximate surface area is 137 Å². The highest BCUT2D eigenvalue weighted by atomic mass is 16.6. The summed E-state index contributed by atoms with van der Waals surface area (Å²) in [5.41, 5.74) is 1.18. The quantitative estimate of drug-likeness (QED) is 0.381. The van der Waals surface area contributed by atoms with Crippen molar-refractivity contribution in [2.24, 2.45) is 0 Å². The van der Waals surface area contributed by atoms with Crippen molar-refractivity contribution in [3.05, 3.63) is 76.4 Å². The highest BCUT2D eigenvalue weighted by Crippen LogP contribution is 2.12. The second-order valence-corrected chi connectivity index (χ2v) is 4.70. The van der Waals surface area contributed by atoms with Gasteiger partial charge in [0.15, 0.2) is 6.61 Å². The number of nitro groups is 1. The Bertz CT molecular complexity index is 754. The number of anilines is 1. The van der Waals surface area contributed by atoms with Crippen molar-refractivity contribution in [2.75, 3.05) is 11.9 Å². The zero-order valence-electron chi connectivity index (χ0n) is 12.5. The van der Waals surface area contributed by atoms with Crippen molar-refractivity contribution < 1.29 is 19.2 Å². The number of rotatable bonds is 6. The maximum Gasteiger partial charge on any atom is 0.331 e. The van der Waals surface area contributed by atoms with E-state index in [-0.39, 0.29) is 5.69 Å². The lowest BCUT2D eigenvalue weighted by Gasteiger charge is -2.04. The minimum Gasteiger partial charge on any atom is -0.452 e. The Morgan fingerprint density at radius 2 is 1.75 bits per heavy atom. The fraction of sp³-hybridized carbons (Fsp3) is 0.0588. The smallest absolute Gasteiger partial charge is 0.331 e. The zero-order valence-corrected chi connectivity index (χ0v) is 12.5. The maximum absolute atomic E-state index is 11.6. The van der Waals surface area contributed by atoms with Crippen molar-refractivity contribution in [3.63, 3.8) is 0 Å². The summed E-state index contributed by atoms with van der Waals surface area (Å²) < 4.78 is 4.81. The number of amides is 1. The van der Waals surface area contributed by atoms with Gasteiger partial charge < -0.3 is 10.1 Å². The molecule has 1 amide bonds. The molecular formula is C17H14N2O5. The Morgan fingerprint density at radius 1 is 1.08 bits per heavy atom. The summed E-state index contributed by atoms with van der Waals surface area (Å²) in [4.78, 5) is 33.2. The van der Waals surface area contributed by atoms with Crippen LogP contribution in [0.25, 0.3) is 6.08 Å². The molecule has 0 aromatic heterocycles. The molecule has 0 aliphatic heterocycles. The van der Waals surface area contributed by atoms with Gasteiger partial charge >= 0.3 is 5.97 Å². The number of esters is 1. The van der Waals surface area contributed by atoms with E-state index >= 15 is 0 Å². The molecular weight excluding hydrogens is 312 g/mol. The average molecular weight is 326 g/mol. The van der Waals surface area contributed by atoms with Gasteiger partial charge in [0, 0.05) is 23.9 Å². The molecule has 0 spiro atoms. The molecule has 0 heterocycles. The van der Waals surface area contributed by atoms with Crippen LogP contribution in [0.15, 0.2) is 60.7 Å². The Kier molecular flexibility index (Phi) is 5.79. The van der Waals surface area contributed by atoms with Crippen LogP contribution in [0.4, 0.5) is 11.4 Å². The fourth-order valence-corrected chi connectivity index (χ4v) is 1.77. The molecule has 0 saturated carbocycles. The van der Waals surface area contributed by atoms with E-state index in [9.17, 15) is 19.7 Å². The molecule has 7 nitrogen and oxygen atoms in total. The number of nitrogens with one attached hydrogen (secondary N) is 1. The lowest BCUT2D eigenvalue weighted by Crippen LogP contribution is -2.20. The first-order chi connectivity index (χ1) is 11.5. The third-order valence-electron chi connectivity index (χ3n) is 2.92. The summed E-state index contributed by atoms with van der Waals surface area (Å²) in [6.45, 7) is -0.404.